The summed E-state index contributed by atoms with van der Waals surface area (Å²) in [6.45, 7) is 0. The van der Waals surface area contributed by atoms with Crippen molar-refractivity contribution >= 4 is 33.2 Å². The molecule has 4 heterocycles. The van der Waals surface area contributed by atoms with Crippen LogP contribution >= 0.6 is 0 Å². The minimum atomic E-state index is 0.0379. The molecule has 58 heavy (non-hydrogen) atoms. The van der Waals surface area contributed by atoms with Gasteiger partial charge in [0.25, 0.3) is 0 Å². The maximum atomic E-state index is 5.17. The highest BCUT2D eigenvalue weighted by Gasteiger charge is 2.19. The van der Waals surface area contributed by atoms with E-state index < -0.39 is 0 Å². The van der Waals surface area contributed by atoms with E-state index in [0.29, 0.717) is 5.82 Å². The Morgan fingerprint density at radius 3 is 1.76 bits per heavy atom. The van der Waals surface area contributed by atoms with Gasteiger partial charge in [-0.05, 0) is 57.7 Å². The standard InChI is InChI=1S/C53H35N5/c1-3-11-35(12-4-1)37-22-28-42(29-23-37)53-55-47(34-48(56-53)44-31-30-43(33-44)36-13-5-2-6-14-36)40-24-18-38(19-25-40)39-20-26-41(27-21-39)50-52-51(45-15-7-8-16-46(45)54-50)57-49-17-9-10-32-58(49)52/h1-34,44H. The van der Waals surface area contributed by atoms with E-state index in [1.165, 1.54) is 16.7 Å². The largest absolute Gasteiger partial charge is 0.298 e. The van der Waals surface area contributed by atoms with Gasteiger partial charge in [0.05, 0.1) is 28.1 Å². The molecule has 5 heteroatoms. The first-order valence-electron chi connectivity index (χ1n) is 19.6. The second kappa shape index (κ2) is 14.1. The number of para-hydroxylation sites is 1. The molecule has 0 aliphatic heterocycles. The van der Waals surface area contributed by atoms with Crippen molar-refractivity contribution in [1.29, 1.82) is 0 Å². The number of fused-ring (bicyclic) bond motifs is 5. The lowest BCUT2D eigenvalue weighted by Crippen LogP contribution is -2.01. The second-order valence-electron chi connectivity index (χ2n) is 14.7. The molecule has 1 aliphatic rings. The highest BCUT2D eigenvalue weighted by molar-refractivity contribution is 6.09. The summed E-state index contributed by atoms with van der Waals surface area (Å²) in [4.78, 5) is 20.5. The molecule has 0 amide bonds. The van der Waals surface area contributed by atoms with Gasteiger partial charge in [0.1, 0.15) is 11.2 Å². The lowest BCUT2D eigenvalue weighted by molar-refractivity contribution is 0.984. The number of allylic oxidation sites excluding steroid dienone is 4. The number of pyridine rings is 2. The van der Waals surface area contributed by atoms with Crippen LogP contribution in [0.2, 0.25) is 0 Å². The van der Waals surface area contributed by atoms with E-state index in [2.05, 4.69) is 174 Å². The monoisotopic (exact) mass is 741 g/mol. The first kappa shape index (κ1) is 33.6. The Kier molecular flexibility index (Phi) is 8.14. The van der Waals surface area contributed by atoms with Crippen molar-refractivity contribution in [2.75, 3.05) is 0 Å². The number of aromatic nitrogens is 5. The molecule has 0 bridgehead atoms. The van der Waals surface area contributed by atoms with Crippen molar-refractivity contribution in [2.24, 2.45) is 0 Å². The minimum absolute atomic E-state index is 0.0379. The van der Waals surface area contributed by atoms with Gasteiger partial charge >= 0.3 is 0 Å². The SMILES string of the molecule is C1=CC(c2cc(-c3ccc(-c4ccc(-c5nc6ccccc6c6nc7ccccn7c56)cc4)cc3)nc(-c3ccc(-c4ccccc4)cc3)n2)C=C1c1ccccc1. The number of nitrogens with zero attached hydrogens (tertiary/aromatic N) is 5. The molecule has 4 aromatic heterocycles. The Hall–Kier alpha value is -7.76. The molecule has 1 unspecified atom stereocenters. The van der Waals surface area contributed by atoms with Crippen LogP contribution in [0.5, 0.6) is 0 Å². The number of benzene rings is 6. The molecule has 1 aliphatic carbocycles. The minimum Gasteiger partial charge on any atom is -0.298 e. The van der Waals surface area contributed by atoms with Crippen LogP contribution in [0.25, 0.3) is 89.3 Å². The first-order valence-corrected chi connectivity index (χ1v) is 19.6. The van der Waals surface area contributed by atoms with Gasteiger partial charge in [-0.1, -0.05) is 176 Å². The number of hydrogen-bond acceptors (Lipinski definition) is 4. The number of rotatable bonds is 7. The molecule has 6 aromatic carbocycles. The summed E-state index contributed by atoms with van der Waals surface area (Å²) in [6.07, 6.45) is 8.79. The lowest BCUT2D eigenvalue weighted by atomic mass is 9.98. The van der Waals surface area contributed by atoms with Crippen LogP contribution in [0.1, 0.15) is 17.2 Å². The number of imidazole rings is 1. The van der Waals surface area contributed by atoms with Gasteiger partial charge < -0.3 is 0 Å². The van der Waals surface area contributed by atoms with Crippen LogP contribution < -0.4 is 0 Å². The van der Waals surface area contributed by atoms with E-state index in [-0.39, 0.29) is 5.92 Å². The third kappa shape index (κ3) is 6.06. The summed E-state index contributed by atoms with van der Waals surface area (Å²) >= 11 is 0. The average molecular weight is 742 g/mol. The van der Waals surface area contributed by atoms with Crippen LogP contribution in [-0.2, 0) is 0 Å². The fraction of sp³-hybridized carbons (Fsp3) is 0.0189. The van der Waals surface area contributed by atoms with E-state index >= 15 is 0 Å². The highest BCUT2D eigenvalue weighted by atomic mass is 15.0. The molecule has 10 aromatic rings. The second-order valence-corrected chi connectivity index (χ2v) is 14.7. The summed E-state index contributed by atoms with van der Waals surface area (Å²) in [5, 5.41) is 1.05. The zero-order valence-corrected chi connectivity index (χ0v) is 31.4. The fourth-order valence-electron chi connectivity index (χ4n) is 8.08. The quantitative estimate of drug-likeness (QED) is 0.163. The van der Waals surface area contributed by atoms with Crippen molar-refractivity contribution < 1.29 is 0 Å². The van der Waals surface area contributed by atoms with Crippen molar-refractivity contribution in [1.82, 2.24) is 24.3 Å². The van der Waals surface area contributed by atoms with Crippen LogP contribution in [0, 0.1) is 0 Å². The van der Waals surface area contributed by atoms with E-state index in [0.717, 1.165) is 78.0 Å². The fourth-order valence-corrected chi connectivity index (χ4v) is 8.08. The van der Waals surface area contributed by atoms with Crippen LogP contribution in [-0.4, -0.2) is 24.3 Å². The molecule has 1 atom stereocenters. The topological polar surface area (TPSA) is 56.0 Å². The Morgan fingerprint density at radius 1 is 0.448 bits per heavy atom. The summed E-state index contributed by atoms with van der Waals surface area (Å²) in [6, 6.07) is 63.4. The zero-order chi connectivity index (χ0) is 38.4. The molecule has 0 N–H and O–H groups in total. The normalized spacial score (nSPS) is 13.7. The third-order valence-corrected chi connectivity index (χ3v) is 11.1. The molecule has 0 spiro atoms. The zero-order valence-electron chi connectivity index (χ0n) is 31.4. The molecule has 272 valence electrons. The van der Waals surface area contributed by atoms with Gasteiger partial charge in [-0.15, -0.1) is 0 Å². The van der Waals surface area contributed by atoms with Crippen molar-refractivity contribution in [3.05, 3.63) is 218 Å². The molecule has 0 saturated heterocycles. The van der Waals surface area contributed by atoms with E-state index in [4.69, 9.17) is 19.9 Å². The third-order valence-electron chi connectivity index (χ3n) is 11.1. The van der Waals surface area contributed by atoms with Gasteiger partial charge in [-0.25, -0.2) is 19.9 Å². The highest BCUT2D eigenvalue weighted by Crippen LogP contribution is 2.36. The Labute approximate surface area is 336 Å². The molecular weight excluding hydrogens is 707 g/mol. The summed E-state index contributed by atoms with van der Waals surface area (Å²) in [5.41, 5.74) is 16.7. The van der Waals surface area contributed by atoms with Crippen molar-refractivity contribution in [3.8, 4) is 56.2 Å². The predicted molar refractivity (Wildman–Crippen MR) is 237 cm³/mol. The Balaban J connectivity index is 0.937. The lowest BCUT2D eigenvalue weighted by Gasteiger charge is -2.13. The van der Waals surface area contributed by atoms with Crippen LogP contribution in [0.4, 0.5) is 0 Å². The maximum absolute atomic E-state index is 5.17. The predicted octanol–water partition coefficient (Wildman–Crippen LogP) is 12.9. The van der Waals surface area contributed by atoms with Gasteiger partial charge in [0.2, 0.25) is 0 Å². The molecule has 0 radical (unpaired) electrons. The van der Waals surface area contributed by atoms with E-state index in [9.17, 15) is 0 Å². The van der Waals surface area contributed by atoms with Gasteiger partial charge in [-0.2, -0.15) is 0 Å². The molecule has 0 fully saturated rings. The van der Waals surface area contributed by atoms with Crippen LogP contribution in [0.15, 0.2) is 206 Å². The first-order chi connectivity index (χ1) is 28.7. The Morgan fingerprint density at radius 2 is 1.03 bits per heavy atom. The molecular formula is C53H35N5. The Bertz CT molecular complexity index is 3180. The smallest absolute Gasteiger partial charge is 0.160 e. The van der Waals surface area contributed by atoms with Gasteiger partial charge in [0, 0.05) is 34.2 Å². The molecule has 11 rings (SSSR count). The van der Waals surface area contributed by atoms with Crippen molar-refractivity contribution in [3.63, 3.8) is 0 Å². The number of hydrogen-bond donors (Lipinski definition) is 0. The van der Waals surface area contributed by atoms with Gasteiger partial charge in [-0.3, -0.25) is 4.40 Å². The molecule has 5 nitrogen and oxygen atoms in total. The summed E-state index contributed by atoms with van der Waals surface area (Å²) in [7, 11) is 0. The van der Waals surface area contributed by atoms with Gasteiger partial charge in [0.15, 0.2) is 5.82 Å². The van der Waals surface area contributed by atoms with Crippen molar-refractivity contribution in [2.45, 2.75) is 5.92 Å². The average Bonchev–Trinajstić information content (AvgIpc) is 3.96. The summed E-state index contributed by atoms with van der Waals surface area (Å²) in [5.74, 6) is 0.750. The van der Waals surface area contributed by atoms with Crippen LogP contribution in [0.3, 0.4) is 0 Å². The summed E-state index contributed by atoms with van der Waals surface area (Å²) < 4.78 is 2.14. The van der Waals surface area contributed by atoms with E-state index in [1.54, 1.807) is 0 Å². The molecule has 0 saturated carbocycles. The maximum Gasteiger partial charge on any atom is 0.160 e. The van der Waals surface area contributed by atoms with E-state index in [1.807, 2.05) is 36.4 Å².